The van der Waals surface area contributed by atoms with Crippen LogP contribution in [0.1, 0.15) is 0 Å². The zero-order valence-electron chi connectivity index (χ0n) is 10.2. The summed E-state index contributed by atoms with van der Waals surface area (Å²) in [5, 5.41) is 3.70. The van der Waals surface area contributed by atoms with Crippen LogP contribution < -0.4 is 9.64 Å². The Labute approximate surface area is 124 Å². The highest BCUT2D eigenvalue weighted by Crippen LogP contribution is 2.21. The molecule has 0 spiro atoms. The van der Waals surface area contributed by atoms with Crippen LogP contribution in [0.5, 0.6) is 5.88 Å². The third kappa shape index (κ3) is 3.19. The highest BCUT2D eigenvalue weighted by molar-refractivity contribution is 14.1. The summed E-state index contributed by atoms with van der Waals surface area (Å²) < 4.78 is 17.1. The van der Waals surface area contributed by atoms with Crippen LogP contribution in [0.3, 0.4) is 0 Å². The van der Waals surface area contributed by atoms with Crippen LogP contribution in [0.25, 0.3) is 0 Å². The molecular formula is C13H13IN2O3. The van der Waals surface area contributed by atoms with Gasteiger partial charge < -0.3 is 18.9 Å². The Kier molecular flexibility index (Phi) is 3.88. The van der Waals surface area contributed by atoms with Crippen molar-refractivity contribution in [2.24, 2.45) is 0 Å². The van der Waals surface area contributed by atoms with Crippen molar-refractivity contribution < 1.29 is 14.0 Å². The van der Waals surface area contributed by atoms with Gasteiger partial charge in [0.25, 0.3) is 5.88 Å². The summed E-state index contributed by atoms with van der Waals surface area (Å²) in [5.41, 5.74) is 1.17. The van der Waals surface area contributed by atoms with Gasteiger partial charge in [0, 0.05) is 21.9 Å². The lowest BCUT2D eigenvalue weighted by Crippen LogP contribution is -2.25. The van der Waals surface area contributed by atoms with Crippen molar-refractivity contribution in [1.82, 2.24) is 5.16 Å². The molecule has 2 heterocycles. The van der Waals surface area contributed by atoms with Crippen LogP contribution in [0.2, 0.25) is 0 Å². The van der Waals surface area contributed by atoms with Crippen molar-refractivity contribution >= 4 is 28.3 Å². The number of hydrogen-bond donors (Lipinski definition) is 0. The molecule has 1 aliphatic heterocycles. The average molecular weight is 372 g/mol. The lowest BCUT2D eigenvalue weighted by Gasteiger charge is -2.16. The van der Waals surface area contributed by atoms with Gasteiger partial charge in [0.2, 0.25) is 0 Å². The molecule has 0 saturated carbocycles. The molecule has 0 unspecified atom stereocenters. The fourth-order valence-electron chi connectivity index (χ4n) is 1.93. The van der Waals surface area contributed by atoms with E-state index in [2.05, 4.69) is 56.9 Å². The lowest BCUT2D eigenvalue weighted by molar-refractivity contribution is 0.0703. The minimum Gasteiger partial charge on any atom is -0.473 e. The van der Waals surface area contributed by atoms with Crippen LogP contribution in [0, 0.1) is 3.57 Å². The molecule has 1 aromatic carbocycles. The number of hydrogen-bond acceptors (Lipinski definition) is 5. The summed E-state index contributed by atoms with van der Waals surface area (Å²) in [7, 11) is 0. The maximum Gasteiger partial charge on any atom is 0.254 e. The molecule has 3 rings (SSSR count). The van der Waals surface area contributed by atoms with Crippen molar-refractivity contribution in [3.8, 4) is 5.88 Å². The first-order chi connectivity index (χ1) is 9.31. The Morgan fingerprint density at radius 3 is 2.89 bits per heavy atom. The zero-order chi connectivity index (χ0) is 13.1. The van der Waals surface area contributed by atoms with Gasteiger partial charge in [-0.2, -0.15) is 0 Å². The minimum absolute atomic E-state index is 0.0518. The maximum atomic E-state index is 5.69. The van der Waals surface area contributed by atoms with E-state index in [1.807, 2.05) is 0 Å². The van der Waals surface area contributed by atoms with Gasteiger partial charge in [0.15, 0.2) is 0 Å². The van der Waals surface area contributed by atoms with Crippen LogP contribution in [-0.4, -0.2) is 31.1 Å². The van der Waals surface area contributed by atoms with Crippen molar-refractivity contribution in [3.05, 3.63) is 40.2 Å². The Hall–Kier alpha value is -1.28. The number of aromatic nitrogens is 1. The normalized spacial score (nSPS) is 18.8. The Balaban J connectivity index is 1.53. The summed E-state index contributed by atoms with van der Waals surface area (Å²) in [5.74, 6) is 0.497. The van der Waals surface area contributed by atoms with E-state index in [4.69, 9.17) is 14.0 Å². The van der Waals surface area contributed by atoms with E-state index < -0.39 is 0 Å². The van der Waals surface area contributed by atoms with E-state index in [1.54, 1.807) is 6.07 Å². The standard InChI is InChI=1S/C13H13IN2O3/c14-10-1-3-11(4-2-10)16-7-12(18-9-16)8-17-13-5-6-19-15-13/h1-6,12H,7-9H2/t12-/m1/s1. The van der Waals surface area contributed by atoms with Gasteiger partial charge in [-0.05, 0) is 52.0 Å². The number of ether oxygens (including phenoxy) is 2. The first-order valence-electron chi connectivity index (χ1n) is 5.96. The largest absolute Gasteiger partial charge is 0.473 e. The van der Waals surface area contributed by atoms with E-state index in [-0.39, 0.29) is 6.10 Å². The number of benzene rings is 1. The van der Waals surface area contributed by atoms with Crippen molar-refractivity contribution in [3.63, 3.8) is 0 Å². The number of halogens is 1. The smallest absolute Gasteiger partial charge is 0.254 e. The van der Waals surface area contributed by atoms with Crippen molar-refractivity contribution in [2.75, 3.05) is 24.8 Å². The molecular weight excluding hydrogens is 359 g/mol. The summed E-state index contributed by atoms with van der Waals surface area (Å²) in [6.07, 6.45) is 1.54. The molecule has 1 atom stereocenters. The predicted octanol–water partition coefficient (Wildman–Crippen LogP) is 2.52. The molecule has 1 saturated heterocycles. The second kappa shape index (κ2) is 5.79. The van der Waals surface area contributed by atoms with Gasteiger partial charge in [-0.15, -0.1) is 0 Å². The molecule has 0 bridgehead atoms. The third-order valence-corrected chi connectivity index (χ3v) is 3.63. The lowest BCUT2D eigenvalue weighted by atomic mass is 10.3. The molecule has 1 aliphatic rings. The van der Waals surface area contributed by atoms with Crippen molar-refractivity contribution in [1.29, 1.82) is 0 Å². The highest BCUT2D eigenvalue weighted by Gasteiger charge is 2.24. The molecule has 0 aliphatic carbocycles. The number of anilines is 1. The van der Waals surface area contributed by atoms with E-state index in [0.717, 1.165) is 6.54 Å². The summed E-state index contributed by atoms with van der Waals surface area (Å²) in [6, 6.07) is 10.1. The average Bonchev–Trinajstić information content (AvgIpc) is 3.09. The van der Waals surface area contributed by atoms with Crippen LogP contribution in [-0.2, 0) is 4.74 Å². The molecule has 2 aromatic rings. The number of nitrogens with zero attached hydrogens (tertiary/aromatic N) is 2. The monoisotopic (exact) mass is 372 g/mol. The van der Waals surface area contributed by atoms with Gasteiger partial charge in [-0.1, -0.05) is 0 Å². The van der Waals surface area contributed by atoms with Crippen LogP contribution in [0.15, 0.2) is 41.1 Å². The highest BCUT2D eigenvalue weighted by atomic mass is 127. The summed E-state index contributed by atoms with van der Waals surface area (Å²) in [4.78, 5) is 2.19. The maximum absolute atomic E-state index is 5.69. The molecule has 1 aromatic heterocycles. The second-order valence-corrected chi connectivity index (χ2v) is 5.51. The van der Waals surface area contributed by atoms with E-state index >= 15 is 0 Å². The molecule has 0 amide bonds. The topological polar surface area (TPSA) is 47.7 Å². The van der Waals surface area contributed by atoms with Gasteiger partial charge in [0.05, 0.1) is 0 Å². The SMILES string of the molecule is Ic1ccc(N2CO[C@@H](COc3ccon3)C2)cc1. The van der Waals surface area contributed by atoms with Crippen LogP contribution in [0.4, 0.5) is 5.69 Å². The Bertz CT molecular complexity index is 515. The Morgan fingerprint density at radius 1 is 1.32 bits per heavy atom. The Morgan fingerprint density at radius 2 is 2.16 bits per heavy atom. The van der Waals surface area contributed by atoms with Gasteiger partial charge in [-0.3, -0.25) is 0 Å². The van der Waals surface area contributed by atoms with Crippen LogP contribution >= 0.6 is 22.6 Å². The summed E-state index contributed by atoms with van der Waals surface area (Å²) in [6.45, 7) is 1.89. The number of rotatable bonds is 4. The predicted molar refractivity (Wildman–Crippen MR) is 78.2 cm³/mol. The van der Waals surface area contributed by atoms with Gasteiger partial charge in [0.1, 0.15) is 25.7 Å². The van der Waals surface area contributed by atoms with Gasteiger partial charge in [-0.25, -0.2) is 0 Å². The molecule has 0 N–H and O–H groups in total. The van der Waals surface area contributed by atoms with E-state index in [9.17, 15) is 0 Å². The second-order valence-electron chi connectivity index (χ2n) is 4.27. The fourth-order valence-corrected chi connectivity index (χ4v) is 2.29. The molecule has 5 nitrogen and oxygen atoms in total. The van der Waals surface area contributed by atoms with E-state index in [0.29, 0.717) is 19.2 Å². The quantitative estimate of drug-likeness (QED) is 0.772. The van der Waals surface area contributed by atoms with E-state index in [1.165, 1.54) is 15.5 Å². The minimum atomic E-state index is 0.0518. The molecule has 0 radical (unpaired) electrons. The van der Waals surface area contributed by atoms with Gasteiger partial charge >= 0.3 is 0 Å². The molecule has 100 valence electrons. The first-order valence-corrected chi connectivity index (χ1v) is 7.04. The van der Waals surface area contributed by atoms with Crippen molar-refractivity contribution in [2.45, 2.75) is 6.10 Å². The molecule has 19 heavy (non-hydrogen) atoms. The first kappa shape index (κ1) is 12.7. The third-order valence-electron chi connectivity index (χ3n) is 2.91. The molecule has 6 heteroatoms. The molecule has 1 fully saturated rings. The summed E-state index contributed by atoms with van der Waals surface area (Å²) >= 11 is 2.30. The zero-order valence-corrected chi connectivity index (χ0v) is 12.3. The fraction of sp³-hybridized carbons (Fsp3) is 0.308.